The number of amides is 1. The van der Waals surface area contributed by atoms with E-state index < -0.39 is 0 Å². The molecule has 2 aliphatic rings. The number of hydrazine groups is 2. The van der Waals surface area contributed by atoms with Gasteiger partial charge in [0.1, 0.15) is 12.1 Å². The number of carbonyl (C=O) groups excluding carboxylic acids is 1. The van der Waals surface area contributed by atoms with Crippen LogP contribution in [0, 0.1) is 28.1 Å². The number of benzene rings is 2. The highest BCUT2D eigenvalue weighted by Gasteiger charge is 2.32. The largest absolute Gasteiger partial charge is 0.383 e. The summed E-state index contributed by atoms with van der Waals surface area (Å²) >= 11 is 0. The van der Waals surface area contributed by atoms with Crippen molar-refractivity contribution < 1.29 is 4.79 Å². The van der Waals surface area contributed by atoms with E-state index in [0.29, 0.717) is 46.0 Å². The summed E-state index contributed by atoms with van der Waals surface area (Å²) in [6.45, 7) is 8.53. The zero-order valence-electron chi connectivity index (χ0n) is 24.0. The fourth-order valence-electron chi connectivity index (χ4n) is 4.74. The molecule has 0 unspecified atom stereocenters. The van der Waals surface area contributed by atoms with Crippen LogP contribution in [0.5, 0.6) is 0 Å². The van der Waals surface area contributed by atoms with Gasteiger partial charge in [-0.2, -0.15) is 10.5 Å². The van der Waals surface area contributed by atoms with E-state index >= 15 is 0 Å². The molecule has 4 N–H and O–H groups in total. The van der Waals surface area contributed by atoms with Crippen LogP contribution in [0.15, 0.2) is 54.5 Å². The minimum absolute atomic E-state index is 0.0273. The number of hydrogen-bond acceptors (Lipinski definition) is 9. The lowest BCUT2D eigenvalue weighted by atomic mass is 9.96. The van der Waals surface area contributed by atoms with E-state index in [2.05, 4.69) is 70.7 Å². The summed E-state index contributed by atoms with van der Waals surface area (Å²) in [5, 5.41) is 29.8. The Morgan fingerprint density at radius 1 is 1.20 bits per heavy atom. The van der Waals surface area contributed by atoms with Crippen molar-refractivity contribution in [2.45, 2.75) is 52.6 Å². The van der Waals surface area contributed by atoms with Crippen molar-refractivity contribution in [2.75, 3.05) is 29.1 Å². The van der Waals surface area contributed by atoms with Gasteiger partial charge in [-0.05, 0) is 48.1 Å². The summed E-state index contributed by atoms with van der Waals surface area (Å²) in [6, 6.07) is 16.2. The predicted octanol–water partition coefficient (Wildman–Crippen LogP) is 4.90. The second-order valence-corrected chi connectivity index (χ2v) is 11.8. The molecular formula is C31H35N9O. The van der Waals surface area contributed by atoms with Gasteiger partial charge in [0.2, 0.25) is 5.91 Å². The Hall–Kier alpha value is -4.80. The third kappa shape index (κ3) is 6.03. The maximum Gasteiger partial charge on any atom is 0.223 e. The average Bonchev–Trinajstić information content (AvgIpc) is 3.69. The molecule has 10 nitrogen and oxygen atoms in total. The number of rotatable bonds is 8. The SMILES string of the molecule is CC(=O)N(C)c1cccc([C@H](Nc2cc(C#N)c3ncc(C#N)c(NCC(C)(C)C)c3c2)C2=CN(C3CC3)NN2)c1. The van der Waals surface area contributed by atoms with Crippen molar-refractivity contribution in [3.05, 3.63) is 71.2 Å². The van der Waals surface area contributed by atoms with Gasteiger partial charge >= 0.3 is 0 Å². The topological polar surface area (TPSA) is 132 Å². The van der Waals surface area contributed by atoms with Crippen LogP contribution in [0.3, 0.4) is 0 Å². The van der Waals surface area contributed by atoms with E-state index in [9.17, 15) is 15.3 Å². The number of carbonyl (C=O) groups is 1. The molecule has 0 bridgehead atoms. The van der Waals surface area contributed by atoms with Gasteiger partial charge in [-0.25, -0.2) is 0 Å². The molecule has 1 saturated carbocycles. The van der Waals surface area contributed by atoms with Gasteiger partial charge in [-0.3, -0.25) is 14.8 Å². The Balaban J connectivity index is 1.60. The third-order valence-electron chi connectivity index (χ3n) is 7.24. The summed E-state index contributed by atoms with van der Waals surface area (Å²) < 4.78 is 0. The molecule has 1 atom stereocenters. The molecule has 5 rings (SSSR count). The number of hydrogen-bond donors (Lipinski definition) is 4. The van der Waals surface area contributed by atoms with Crippen LogP contribution in [-0.2, 0) is 4.79 Å². The van der Waals surface area contributed by atoms with E-state index in [0.717, 1.165) is 29.8 Å². The summed E-state index contributed by atoms with van der Waals surface area (Å²) in [5.74, 6) is -0.0595. The first-order chi connectivity index (χ1) is 19.6. The molecule has 1 aliphatic heterocycles. The highest BCUT2D eigenvalue weighted by atomic mass is 16.2. The minimum atomic E-state index is -0.339. The smallest absolute Gasteiger partial charge is 0.223 e. The van der Waals surface area contributed by atoms with Gasteiger partial charge in [-0.1, -0.05) is 32.9 Å². The highest BCUT2D eigenvalue weighted by molar-refractivity contribution is 5.99. The van der Waals surface area contributed by atoms with Crippen LogP contribution in [0.1, 0.15) is 63.3 Å². The van der Waals surface area contributed by atoms with E-state index in [-0.39, 0.29) is 17.4 Å². The Kier molecular flexibility index (Phi) is 7.44. The molecule has 1 aromatic heterocycles. The number of fused-ring (bicyclic) bond motifs is 1. The van der Waals surface area contributed by atoms with Crippen molar-refractivity contribution >= 4 is 33.9 Å². The molecule has 1 aliphatic carbocycles. The molecule has 2 heterocycles. The maximum absolute atomic E-state index is 12.1. The van der Waals surface area contributed by atoms with Crippen LogP contribution in [-0.4, -0.2) is 35.5 Å². The van der Waals surface area contributed by atoms with E-state index in [1.54, 1.807) is 18.0 Å². The lowest BCUT2D eigenvalue weighted by Gasteiger charge is -2.24. The first-order valence-corrected chi connectivity index (χ1v) is 13.7. The van der Waals surface area contributed by atoms with Gasteiger partial charge < -0.3 is 21.0 Å². The lowest BCUT2D eigenvalue weighted by molar-refractivity contribution is -0.116. The van der Waals surface area contributed by atoms with Gasteiger partial charge in [0.25, 0.3) is 0 Å². The van der Waals surface area contributed by atoms with Crippen LogP contribution in [0.4, 0.5) is 17.1 Å². The molecule has 1 amide bonds. The molecule has 2 aromatic carbocycles. The van der Waals surface area contributed by atoms with Crippen molar-refractivity contribution in [2.24, 2.45) is 5.41 Å². The van der Waals surface area contributed by atoms with E-state index in [4.69, 9.17) is 0 Å². The first kappa shape index (κ1) is 27.8. The number of pyridine rings is 1. The normalized spacial score (nSPS) is 15.4. The Morgan fingerprint density at radius 2 is 1.95 bits per heavy atom. The molecule has 210 valence electrons. The van der Waals surface area contributed by atoms with Crippen molar-refractivity contribution in [1.82, 2.24) is 21.0 Å². The standard InChI is InChI=1S/C31H35N9O/c1-19(41)39(5)25-8-6-7-20(12-25)30(27-17-40(38-37-27)24-9-10-24)36-23-11-21(14-32)28-26(13-23)29(22(15-33)16-34-28)35-18-31(2,3)4/h6-8,11-13,16-17,24,30,36-38H,9-10,18H2,1-5H3,(H,34,35)/t30-/m0/s1. The molecule has 1 fully saturated rings. The lowest BCUT2D eigenvalue weighted by Crippen LogP contribution is -2.38. The van der Waals surface area contributed by atoms with Crippen LogP contribution in [0.2, 0.25) is 0 Å². The Labute approximate surface area is 240 Å². The number of aromatic nitrogens is 1. The van der Waals surface area contributed by atoms with Crippen molar-refractivity contribution in [3.8, 4) is 12.1 Å². The minimum Gasteiger partial charge on any atom is -0.383 e. The fraction of sp³-hybridized carbons (Fsp3) is 0.355. The van der Waals surface area contributed by atoms with Gasteiger partial charge in [0.05, 0.1) is 34.1 Å². The highest BCUT2D eigenvalue weighted by Crippen LogP contribution is 2.36. The van der Waals surface area contributed by atoms with E-state index in [1.807, 2.05) is 30.3 Å². The second kappa shape index (κ2) is 11.0. The molecule has 10 heteroatoms. The summed E-state index contributed by atoms with van der Waals surface area (Å²) in [7, 11) is 1.75. The average molecular weight is 550 g/mol. The van der Waals surface area contributed by atoms with Crippen molar-refractivity contribution in [1.29, 1.82) is 10.5 Å². The number of nitrogens with zero attached hydrogens (tertiary/aromatic N) is 5. The molecule has 41 heavy (non-hydrogen) atoms. The Morgan fingerprint density at radius 3 is 2.61 bits per heavy atom. The molecule has 3 aromatic rings. The molecular weight excluding hydrogens is 514 g/mol. The quantitative estimate of drug-likeness (QED) is 0.310. The van der Waals surface area contributed by atoms with Gasteiger partial charge in [-0.15, -0.1) is 5.53 Å². The molecule has 0 saturated heterocycles. The zero-order chi connectivity index (χ0) is 29.3. The molecule has 0 radical (unpaired) electrons. The Bertz CT molecular complexity index is 1600. The monoisotopic (exact) mass is 549 g/mol. The predicted molar refractivity (Wildman–Crippen MR) is 160 cm³/mol. The number of nitrogens with one attached hydrogen (secondary N) is 4. The van der Waals surface area contributed by atoms with E-state index in [1.165, 1.54) is 13.1 Å². The number of nitriles is 2. The number of anilines is 3. The third-order valence-corrected chi connectivity index (χ3v) is 7.24. The summed E-state index contributed by atoms with van der Waals surface area (Å²) in [5.41, 5.74) is 11.9. The zero-order valence-corrected chi connectivity index (χ0v) is 24.0. The van der Waals surface area contributed by atoms with Crippen molar-refractivity contribution in [3.63, 3.8) is 0 Å². The first-order valence-electron chi connectivity index (χ1n) is 13.7. The maximum atomic E-state index is 12.1. The second-order valence-electron chi connectivity index (χ2n) is 11.8. The van der Waals surface area contributed by atoms with Gasteiger partial charge in [0.15, 0.2) is 0 Å². The van der Waals surface area contributed by atoms with Crippen LogP contribution in [0.25, 0.3) is 10.9 Å². The van der Waals surface area contributed by atoms with Crippen LogP contribution < -0.4 is 26.5 Å². The summed E-state index contributed by atoms with van der Waals surface area (Å²) in [4.78, 5) is 18.2. The fourth-order valence-corrected chi connectivity index (χ4v) is 4.74. The van der Waals surface area contributed by atoms with Crippen LogP contribution >= 0.6 is 0 Å². The van der Waals surface area contributed by atoms with Gasteiger partial charge in [0, 0.05) is 55.7 Å². The molecule has 0 spiro atoms. The summed E-state index contributed by atoms with van der Waals surface area (Å²) in [6.07, 6.45) is 5.84.